The van der Waals surface area contributed by atoms with E-state index >= 15 is 0 Å². The van der Waals surface area contributed by atoms with Crippen LogP contribution in [0.15, 0.2) is 0 Å². The van der Waals surface area contributed by atoms with E-state index in [-0.39, 0.29) is 23.4 Å². The van der Waals surface area contributed by atoms with E-state index in [9.17, 15) is 8.42 Å². The zero-order valence-corrected chi connectivity index (χ0v) is 11.7. The van der Waals surface area contributed by atoms with Crippen molar-refractivity contribution >= 4 is 22.2 Å². The summed E-state index contributed by atoms with van der Waals surface area (Å²) < 4.78 is 23.2. The maximum atomic E-state index is 11.6. The summed E-state index contributed by atoms with van der Waals surface area (Å²) in [6.45, 7) is 6.81. The van der Waals surface area contributed by atoms with E-state index in [0.717, 1.165) is 19.5 Å². The third-order valence-electron chi connectivity index (χ3n) is 3.11. The van der Waals surface area contributed by atoms with Gasteiger partial charge in [-0.15, -0.1) is 12.4 Å². The number of halogens is 1. The summed E-state index contributed by atoms with van der Waals surface area (Å²) in [5.41, 5.74) is 5.58. The van der Waals surface area contributed by atoms with E-state index < -0.39 is 9.84 Å². The molecule has 1 unspecified atom stereocenters. The lowest BCUT2D eigenvalue weighted by Gasteiger charge is -2.16. The summed E-state index contributed by atoms with van der Waals surface area (Å²) in [5, 5.41) is -0.259. The van der Waals surface area contributed by atoms with Crippen LogP contribution in [0.4, 0.5) is 0 Å². The van der Waals surface area contributed by atoms with Gasteiger partial charge in [-0.05, 0) is 39.3 Å². The molecule has 0 aromatic rings. The van der Waals surface area contributed by atoms with Crippen molar-refractivity contribution in [2.45, 2.75) is 25.5 Å². The standard InChI is InChI=1S/C10H22N2O2S.ClH/c1-9(2)15(13,14)6-5-12-4-3-10(7-11)8-12;/h9-10H,3-8,11H2,1-2H3;1H. The van der Waals surface area contributed by atoms with Gasteiger partial charge in [-0.3, -0.25) is 0 Å². The number of nitrogens with zero attached hydrogens (tertiary/aromatic N) is 1. The Morgan fingerprint density at radius 1 is 1.44 bits per heavy atom. The van der Waals surface area contributed by atoms with Crippen LogP contribution in [0.25, 0.3) is 0 Å². The highest BCUT2D eigenvalue weighted by molar-refractivity contribution is 7.92. The number of hydrogen-bond acceptors (Lipinski definition) is 4. The van der Waals surface area contributed by atoms with Crippen LogP contribution in [-0.4, -0.2) is 50.5 Å². The second kappa shape index (κ2) is 6.79. The molecule has 4 nitrogen and oxygen atoms in total. The fourth-order valence-corrected chi connectivity index (χ4v) is 2.78. The van der Waals surface area contributed by atoms with Gasteiger partial charge in [0.1, 0.15) is 0 Å². The average molecular weight is 271 g/mol. The molecule has 1 saturated heterocycles. The van der Waals surface area contributed by atoms with Crippen molar-refractivity contribution < 1.29 is 8.42 Å². The Bertz CT molecular complexity index is 293. The topological polar surface area (TPSA) is 63.4 Å². The molecule has 1 fully saturated rings. The largest absolute Gasteiger partial charge is 0.330 e. The van der Waals surface area contributed by atoms with Gasteiger partial charge in [0.05, 0.1) is 11.0 Å². The Kier molecular flexibility index (Phi) is 6.86. The number of sulfone groups is 1. The molecule has 0 aromatic carbocycles. The first-order chi connectivity index (χ1) is 6.95. The van der Waals surface area contributed by atoms with Gasteiger partial charge in [0.15, 0.2) is 9.84 Å². The fourth-order valence-electron chi connectivity index (χ4n) is 1.80. The van der Waals surface area contributed by atoms with Gasteiger partial charge in [-0.25, -0.2) is 8.42 Å². The normalized spacial score (nSPS) is 22.4. The average Bonchev–Trinajstić information content (AvgIpc) is 2.62. The molecule has 98 valence electrons. The first-order valence-electron chi connectivity index (χ1n) is 5.59. The van der Waals surface area contributed by atoms with Crippen molar-refractivity contribution in [3.63, 3.8) is 0 Å². The van der Waals surface area contributed by atoms with Crippen LogP contribution >= 0.6 is 12.4 Å². The van der Waals surface area contributed by atoms with Gasteiger partial charge in [0.25, 0.3) is 0 Å². The quantitative estimate of drug-likeness (QED) is 0.791. The van der Waals surface area contributed by atoms with Crippen molar-refractivity contribution in [3.8, 4) is 0 Å². The monoisotopic (exact) mass is 270 g/mol. The molecule has 1 atom stereocenters. The predicted octanol–water partition coefficient (Wildman–Crippen LogP) is 0.512. The molecule has 0 spiro atoms. The van der Waals surface area contributed by atoms with Crippen molar-refractivity contribution in [1.82, 2.24) is 4.90 Å². The molecule has 2 N–H and O–H groups in total. The molecular formula is C10H23ClN2O2S. The second-order valence-corrected chi connectivity index (χ2v) is 7.28. The van der Waals surface area contributed by atoms with E-state index in [1.807, 2.05) is 0 Å². The van der Waals surface area contributed by atoms with Crippen LogP contribution in [0.5, 0.6) is 0 Å². The first-order valence-corrected chi connectivity index (χ1v) is 7.31. The summed E-state index contributed by atoms with van der Waals surface area (Å²) in [4.78, 5) is 2.21. The van der Waals surface area contributed by atoms with Crippen LogP contribution in [-0.2, 0) is 9.84 Å². The van der Waals surface area contributed by atoms with Crippen LogP contribution in [0.1, 0.15) is 20.3 Å². The predicted molar refractivity (Wildman–Crippen MR) is 69.8 cm³/mol. The first kappa shape index (κ1) is 16.2. The molecule has 1 rings (SSSR count). The Hall–Kier alpha value is 0.160. The lowest BCUT2D eigenvalue weighted by atomic mass is 10.1. The molecule has 1 heterocycles. The minimum atomic E-state index is -2.88. The number of hydrogen-bond donors (Lipinski definition) is 1. The molecule has 16 heavy (non-hydrogen) atoms. The minimum Gasteiger partial charge on any atom is -0.330 e. The van der Waals surface area contributed by atoms with Gasteiger partial charge >= 0.3 is 0 Å². The summed E-state index contributed by atoms with van der Waals surface area (Å²) in [7, 11) is -2.88. The SMILES string of the molecule is CC(C)S(=O)(=O)CCN1CCC(CN)C1.Cl. The smallest absolute Gasteiger partial charge is 0.153 e. The van der Waals surface area contributed by atoms with Gasteiger partial charge in [-0.2, -0.15) is 0 Å². The highest BCUT2D eigenvalue weighted by Gasteiger charge is 2.23. The van der Waals surface area contributed by atoms with E-state index in [2.05, 4.69) is 4.90 Å². The molecule has 1 aliphatic rings. The summed E-state index contributed by atoms with van der Waals surface area (Å²) in [5.74, 6) is 0.842. The molecular weight excluding hydrogens is 248 g/mol. The molecule has 0 radical (unpaired) electrons. The maximum Gasteiger partial charge on any atom is 0.153 e. The van der Waals surface area contributed by atoms with E-state index in [0.29, 0.717) is 19.0 Å². The van der Waals surface area contributed by atoms with Crippen LogP contribution < -0.4 is 5.73 Å². The molecule has 0 aromatic heterocycles. The van der Waals surface area contributed by atoms with E-state index in [1.165, 1.54) is 0 Å². The zero-order chi connectivity index (χ0) is 11.5. The number of nitrogens with two attached hydrogens (primary N) is 1. The van der Waals surface area contributed by atoms with Crippen molar-refractivity contribution in [1.29, 1.82) is 0 Å². The van der Waals surface area contributed by atoms with Gasteiger partial charge in [0.2, 0.25) is 0 Å². The third kappa shape index (κ3) is 4.57. The third-order valence-corrected chi connectivity index (χ3v) is 5.30. The van der Waals surface area contributed by atoms with Crippen molar-refractivity contribution in [3.05, 3.63) is 0 Å². The molecule has 1 aliphatic heterocycles. The van der Waals surface area contributed by atoms with Crippen LogP contribution in [0.3, 0.4) is 0 Å². The minimum absolute atomic E-state index is 0. The molecule has 6 heteroatoms. The highest BCUT2D eigenvalue weighted by atomic mass is 35.5. The van der Waals surface area contributed by atoms with Gasteiger partial charge in [0, 0.05) is 13.1 Å². The Morgan fingerprint density at radius 2 is 2.06 bits per heavy atom. The van der Waals surface area contributed by atoms with Crippen LogP contribution in [0, 0.1) is 5.92 Å². The lowest BCUT2D eigenvalue weighted by Crippen LogP contribution is -2.31. The summed E-state index contributed by atoms with van der Waals surface area (Å²) in [6.07, 6.45) is 1.11. The second-order valence-electron chi connectivity index (χ2n) is 4.61. The Labute approximate surface area is 105 Å². The van der Waals surface area contributed by atoms with Crippen molar-refractivity contribution in [2.75, 3.05) is 31.9 Å². The lowest BCUT2D eigenvalue weighted by molar-refractivity contribution is 0.344. The maximum absolute atomic E-state index is 11.6. The van der Waals surface area contributed by atoms with E-state index in [1.54, 1.807) is 13.8 Å². The summed E-state index contributed by atoms with van der Waals surface area (Å²) in [6, 6.07) is 0. The van der Waals surface area contributed by atoms with Crippen molar-refractivity contribution in [2.24, 2.45) is 11.7 Å². The zero-order valence-electron chi connectivity index (χ0n) is 10.1. The summed E-state index contributed by atoms with van der Waals surface area (Å²) >= 11 is 0. The van der Waals surface area contributed by atoms with Gasteiger partial charge in [-0.1, -0.05) is 0 Å². The molecule has 0 amide bonds. The van der Waals surface area contributed by atoms with E-state index in [4.69, 9.17) is 5.73 Å². The van der Waals surface area contributed by atoms with Crippen LogP contribution in [0.2, 0.25) is 0 Å². The fraction of sp³-hybridized carbons (Fsp3) is 1.00. The molecule has 0 bridgehead atoms. The highest BCUT2D eigenvalue weighted by Crippen LogP contribution is 2.14. The van der Waals surface area contributed by atoms with Gasteiger partial charge < -0.3 is 10.6 Å². The number of rotatable bonds is 5. The Balaban J connectivity index is 0.00000225. The Morgan fingerprint density at radius 3 is 2.50 bits per heavy atom. The molecule has 0 saturated carbocycles. The molecule has 0 aliphatic carbocycles. The number of likely N-dealkylation sites (tertiary alicyclic amines) is 1.